The topological polar surface area (TPSA) is 333 Å². The quantitative estimate of drug-likeness (QED) is 0.0118. The lowest BCUT2D eigenvalue weighted by atomic mass is 9.95. The molecule has 2 aliphatic rings. The summed E-state index contributed by atoms with van der Waals surface area (Å²) in [6.07, 6.45) is 31.8. The second-order valence-corrected chi connectivity index (χ2v) is 31.2. The number of phosphoric acid groups is 1. The molecule has 0 radical (unpaired) electrons. The molecule has 0 aromatic heterocycles. The van der Waals surface area contributed by atoms with E-state index in [0.29, 0.717) is 51.4 Å². The van der Waals surface area contributed by atoms with Crippen LogP contribution in [0.5, 0.6) is 0 Å². The Morgan fingerprint density at radius 3 is 1.15 bits per heavy atom. The molecule has 13 atom stereocenters. The van der Waals surface area contributed by atoms with Crippen LogP contribution in [0, 0.1) is 0 Å². The third-order valence-corrected chi connectivity index (χ3v) is 20.9. The van der Waals surface area contributed by atoms with E-state index in [4.69, 9.17) is 32.9 Å². The lowest BCUT2D eigenvalue weighted by Gasteiger charge is -2.46. The van der Waals surface area contributed by atoms with E-state index in [2.05, 4.69) is 45.3 Å². The van der Waals surface area contributed by atoms with Crippen LogP contribution >= 0.6 is 7.82 Å². The first-order valence-corrected chi connectivity index (χ1v) is 43.5. The molecular formula is C80H151N2O20P. The van der Waals surface area contributed by atoms with Gasteiger partial charge in [0.25, 0.3) is 0 Å². The first kappa shape index (κ1) is 96.2. The van der Waals surface area contributed by atoms with E-state index >= 15 is 0 Å². The normalized spacial score (nSPS) is 21.6. The molecule has 2 fully saturated rings. The molecule has 2 rings (SSSR count). The zero-order valence-corrected chi connectivity index (χ0v) is 66.1. The SMILES string of the molecule is CCCCCCCCCCCCCC(=O)O[C@H](CCCCCCCCCCC)CC(=O)OC1[C@H](OP(=O)(O)O)C(CO)O[C@@H](OCC2OC(O)[C@@H](NC(=O)C[C@H](O)CCCCCCCCCCC)C(O)[C@@H]2O)[C@H]1NC(=O)C[C@@H](CCCCCCCCCCC)OC(=O)CCCCCCCCCCC. The van der Waals surface area contributed by atoms with Gasteiger partial charge in [-0.1, -0.05) is 311 Å². The molecule has 0 aromatic rings. The molecule has 2 aliphatic heterocycles. The first-order chi connectivity index (χ1) is 49.8. The first-order valence-electron chi connectivity index (χ1n) is 42.0. The number of ether oxygens (including phenoxy) is 6. The third-order valence-electron chi connectivity index (χ3n) is 20.3. The minimum absolute atomic E-state index is 0.130. The number of nitrogens with one attached hydrogen (secondary N) is 2. The Bertz CT molecular complexity index is 2140. The van der Waals surface area contributed by atoms with Gasteiger partial charge in [0.1, 0.15) is 54.8 Å². The van der Waals surface area contributed by atoms with Gasteiger partial charge in [0, 0.05) is 12.8 Å². The van der Waals surface area contributed by atoms with Gasteiger partial charge in [-0.25, -0.2) is 4.57 Å². The van der Waals surface area contributed by atoms with Crippen molar-refractivity contribution in [2.24, 2.45) is 0 Å². The van der Waals surface area contributed by atoms with Gasteiger partial charge in [-0.2, -0.15) is 0 Å². The molecular weight excluding hydrogens is 1340 g/mol. The van der Waals surface area contributed by atoms with Crippen LogP contribution in [-0.2, 0) is 61.5 Å². The highest BCUT2D eigenvalue weighted by Gasteiger charge is 2.53. The summed E-state index contributed by atoms with van der Waals surface area (Å²) in [5, 5.41) is 61.2. The number of esters is 3. The second-order valence-electron chi connectivity index (χ2n) is 30.0. The van der Waals surface area contributed by atoms with E-state index in [1.54, 1.807) is 0 Å². The number of hydrogen-bond acceptors (Lipinski definition) is 18. The summed E-state index contributed by atoms with van der Waals surface area (Å²) < 4.78 is 54.7. The van der Waals surface area contributed by atoms with Gasteiger partial charge < -0.3 is 74.4 Å². The lowest BCUT2D eigenvalue weighted by molar-refractivity contribution is -0.297. The highest BCUT2D eigenvalue weighted by atomic mass is 31.2. The highest BCUT2D eigenvalue weighted by molar-refractivity contribution is 7.46. The Morgan fingerprint density at radius 2 is 0.757 bits per heavy atom. The minimum Gasteiger partial charge on any atom is -0.462 e. The molecule has 0 saturated carbocycles. The van der Waals surface area contributed by atoms with Crippen LogP contribution in [-0.4, -0.2) is 158 Å². The predicted octanol–water partition coefficient (Wildman–Crippen LogP) is 16.3. The lowest BCUT2D eigenvalue weighted by Crippen LogP contribution is -2.67. The molecule has 0 bridgehead atoms. The van der Waals surface area contributed by atoms with Gasteiger partial charge in [0.05, 0.1) is 38.6 Å². The number of amides is 2. The third kappa shape index (κ3) is 49.0. The van der Waals surface area contributed by atoms with Gasteiger partial charge in [-0.15, -0.1) is 0 Å². The summed E-state index contributed by atoms with van der Waals surface area (Å²) in [5.74, 6) is -3.46. The number of carbonyl (C=O) groups is 5. The minimum atomic E-state index is -5.55. The number of rotatable bonds is 69. The molecule has 0 spiro atoms. The van der Waals surface area contributed by atoms with Crippen LogP contribution in [0.3, 0.4) is 0 Å². The number of unbranched alkanes of at least 4 members (excludes halogenated alkanes) is 42. The number of phosphoric ester groups is 1. The molecule has 103 heavy (non-hydrogen) atoms. The van der Waals surface area contributed by atoms with Crippen LogP contribution in [0.4, 0.5) is 0 Å². The zero-order chi connectivity index (χ0) is 75.6. The average molecular weight is 1490 g/mol. The predicted molar refractivity (Wildman–Crippen MR) is 403 cm³/mol. The Labute approximate surface area is 622 Å². The fourth-order valence-corrected chi connectivity index (χ4v) is 14.6. The highest BCUT2D eigenvalue weighted by Crippen LogP contribution is 2.43. The van der Waals surface area contributed by atoms with Crippen molar-refractivity contribution >= 4 is 37.5 Å². The van der Waals surface area contributed by atoms with Gasteiger partial charge in [-0.3, -0.25) is 28.5 Å². The van der Waals surface area contributed by atoms with Gasteiger partial charge in [0.15, 0.2) is 18.7 Å². The average Bonchev–Trinajstić information content (AvgIpc) is 0.772. The summed E-state index contributed by atoms with van der Waals surface area (Å²) in [6, 6.07) is -3.31. The van der Waals surface area contributed by atoms with Crippen LogP contribution in [0.1, 0.15) is 388 Å². The standard InChI is InChI=1S/C80H151N2O20P/c1-6-11-16-21-26-31-32-37-42-47-52-57-71(88)98-65(55-50-45-40-35-29-24-19-14-9-4)60-72(89)101-78-74(82-69(86)59-64(54-49-44-39-34-28-23-18-13-8-3)97-70(87)56-51-46-41-36-30-25-20-15-10-5)80(100-66(61-83)77(78)102-103(93,94)95)96-62-67-75(90)76(91)73(79(92)99-67)81-68(85)58-63(84)53-48-43-38-33-27-22-17-12-7-2/h63-67,73-80,83-84,90-92H,6-62H2,1-5H3,(H,81,85)(H,82,86)(H2,93,94,95)/t63-,64-,65-,66?,67?,73+,74+,75-,76?,77-,78?,79?,80-/m1/s1. The molecule has 9 N–H and O–H groups in total. The van der Waals surface area contributed by atoms with Crippen molar-refractivity contribution in [2.45, 2.75) is 467 Å². The van der Waals surface area contributed by atoms with Crippen LogP contribution in [0.25, 0.3) is 0 Å². The van der Waals surface area contributed by atoms with Gasteiger partial charge >= 0.3 is 25.7 Å². The molecule has 2 saturated heterocycles. The number of aliphatic hydroxyl groups is 5. The Kier molecular flexibility index (Phi) is 58.8. The molecule has 23 heteroatoms. The Morgan fingerprint density at radius 1 is 0.408 bits per heavy atom. The molecule has 5 unspecified atom stereocenters. The second kappa shape index (κ2) is 63.0. The summed E-state index contributed by atoms with van der Waals surface area (Å²) in [6.45, 7) is 9.17. The van der Waals surface area contributed by atoms with Crippen molar-refractivity contribution in [3.63, 3.8) is 0 Å². The molecule has 0 aliphatic carbocycles. The van der Waals surface area contributed by atoms with E-state index in [9.17, 15) is 63.9 Å². The Balaban J connectivity index is 2.53. The van der Waals surface area contributed by atoms with E-state index in [0.717, 1.165) is 154 Å². The zero-order valence-electron chi connectivity index (χ0n) is 65.2. The number of hydrogen-bond donors (Lipinski definition) is 9. The van der Waals surface area contributed by atoms with Crippen LogP contribution < -0.4 is 10.6 Å². The van der Waals surface area contributed by atoms with Gasteiger partial charge in [-0.05, 0) is 44.9 Å². The van der Waals surface area contributed by atoms with Crippen molar-refractivity contribution in [2.75, 3.05) is 13.2 Å². The van der Waals surface area contributed by atoms with Gasteiger partial charge in [0.2, 0.25) is 11.8 Å². The van der Waals surface area contributed by atoms with Crippen molar-refractivity contribution in [1.82, 2.24) is 10.6 Å². The maximum Gasteiger partial charge on any atom is 0.470 e. The van der Waals surface area contributed by atoms with E-state index in [1.807, 2.05) is 0 Å². The maximum absolute atomic E-state index is 14.8. The molecule has 22 nitrogen and oxygen atoms in total. The summed E-state index contributed by atoms with van der Waals surface area (Å²) in [5.41, 5.74) is 0. The van der Waals surface area contributed by atoms with Crippen molar-refractivity contribution < 1.29 is 96.8 Å². The van der Waals surface area contributed by atoms with Crippen molar-refractivity contribution in [3.8, 4) is 0 Å². The molecule has 0 aromatic carbocycles. The maximum atomic E-state index is 14.8. The smallest absolute Gasteiger partial charge is 0.462 e. The number of carbonyl (C=O) groups excluding carboxylic acids is 5. The van der Waals surface area contributed by atoms with E-state index in [-0.39, 0.29) is 19.3 Å². The van der Waals surface area contributed by atoms with Crippen LogP contribution in [0.15, 0.2) is 0 Å². The van der Waals surface area contributed by atoms with Crippen LogP contribution in [0.2, 0.25) is 0 Å². The largest absolute Gasteiger partial charge is 0.470 e. The molecule has 606 valence electrons. The fraction of sp³-hybridized carbons (Fsp3) is 0.938. The fourth-order valence-electron chi connectivity index (χ4n) is 14.1. The van der Waals surface area contributed by atoms with Crippen molar-refractivity contribution in [3.05, 3.63) is 0 Å². The van der Waals surface area contributed by atoms with E-state index in [1.165, 1.54) is 116 Å². The van der Waals surface area contributed by atoms with Crippen molar-refractivity contribution in [1.29, 1.82) is 0 Å². The monoisotopic (exact) mass is 1490 g/mol. The molecule has 2 amide bonds. The molecule has 2 heterocycles. The van der Waals surface area contributed by atoms with E-state index < -0.39 is 143 Å². The Hall–Kier alpha value is -2.86. The summed E-state index contributed by atoms with van der Waals surface area (Å²) in [7, 11) is -5.55. The summed E-state index contributed by atoms with van der Waals surface area (Å²) >= 11 is 0. The summed E-state index contributed by atoms with van der Waals surface area (Å²) in [4.78, 5) is 90.9. The number of aliphatic hydroxyl groups excluding tert-OH is 5.